The number of hydrogen-bond acceptors (Lipinski definition) is 5. The molecule has 0 aliphatic carbocycles. The molecule has 98 valence electrons. The maximum absolute atomic E-state index is 12.0. The lowest BCUT2D eigenvalue weighted by molar-refractivity contribution is -0.385. The maximum Gasteiger partial charge on any atom is 0.311 e. The number of aromatic hydroxyl groups is 1. The van der Waals surface area contributed by atoms with Crippen molar-refractivity contribution in [1.29, 1.82) is 0 Å². The highest BCUT2D eigenvalue weighted by molar-refractivity contribution is 5.98. The summed E-state index contributed by atoms with van der Waals surface area (Å²) in [6.45, 7) is 1.94. The van der Waals surface area contributed by atoms with E-state index in [4.69, 9.17) is 5.11 Å². The number of nitro benzene ring substituents is 1. The molecule has 1 aromatic rings. The van der Waals surface area contributed by atoms with Crippen LogP contribution in [0, 0.1) is 10.1 Å². The van der Waals surface area contributed by atoms with E-state index in [-0.39, 0.29) is 18.7 Å². The van der Waals surface area contributed by atoms with Crippen LogP contribution in [0.1, 0.15) is 17.3 Å². The zero-order valence-corrected chi connectivity index (χ0v) is 9.87. The molecule has 0 saturated heterocycles. The number of carbonyl (C=O) groups is 1. The number of likely N-dealkylation sites (N-methyl/N-ethyl adjacent to an activating group) is 1. The largest absolute Gasteiger partial charge is 0.502 e. The summed E-state index contributed by atoms with van der Waals surface area (Å²) in [5, 5.41) is 29.1. The van der Waals surface area contributed by atoms with Crippen LogP contribution in [-0.2, 0) is 0 Å². The van der Waals surface area contributed by atoms with Crippen molar-refractivity contribution < 1.29 is 19.9 Å². The lowest BCUT2D eigenvalue weighted by Gasteiger charge is -2.19. The third-order valence-electron chi connectivity index (χ3n) is 2.48. The average molecular weight is 254 g/mol. The Balaban J connectivity index is 3.13. The van der Waals surface area contributed by atoms with Gasteiger partial charge < -0.3 is 15.1 Å². The van der Waals surface area contributed by atoms with Gasteiger partial charge in [0.25, 0.3) is 5.91 Å². The summed E-state index contributed by atoms with van der Waals surface area (Å²) in [6, 6.07) is 3.76. The van der Waals surface area contributed by atoms with Gasteiger partial charge in [-0.3, -0.25) is 14.9 Å². The van der Waals surface area contributed by atoms with Crippen molar-refractivity contribution in [3.63, 3.8) is 0 Å². The van der Waals surface area contributed by atoms with Crippen molar-refractivity contribution in [3.05, 3.63) is 33.9 Å². The summed E-state index contributed by atoms with van der Waals surface area (Å²) in [6.07, 6.45) is 0. The van der Waals surface area contributed by atoms with Crippen molar-refractivity contribution >= 4 is 11.6 Å². The zero-order chi connectivity index (χ0) is 13.7. The normalized spacial score (nSPS) is 10.1. The van der Waals surface area contributed by atoms with Crippen molar-refractivity contribution in [2.75, 3.05) is 19.7 Å². The third kappa shape index (κ3) is 2.75. The lowest BCUT2D eigenvalue weighted by atomic mass is 10.1. The van der Waals surface area contributed by atoms with E-state index in [2.05, 4.69) is 0 Å². The first-order chi connectivity index (χ1) is 8.52. The molecule has 1 rings (SSSR count). The van der Waals surface area contributed by atoms with Crippen LogP contribution < -0.4 is 0 Å². The number of nitrogens with zero attached hydrogens (tertiary/aromatic N) is 2. The Morgan fingerprint density at radius 3 is 2.67 bits per heavy atom. The van der Waals surface area contributed by atoms with Crippen LogP contribution in [0.3, 0.4) is 0 Å². The van der Waals surface area contributed by atoms with Gasteiger partial charge in [0.15, 0.2) is 0 Å². The van der Waals surface area contributed by atoms with Gasteiger partial charge in [-0.2, -0.15) is 0 Å². The molecule has 0 bridgehead atoms. The fourth-order valence-corrected chi connectivity index (χ4v) is 1.55. The van der Waals surface area contributed by atoms with Crippen LogP contribution in [-0.4, -0.2) is 45.6 Å². The fraction of sp³-hybridized carbons (Fsp3) is 0.364. The quantitative estimate of drug-likeness (QED) is 0.596. The predicted molar refractivity (Wildman–Crippen MR) is 63.4 cm³/mol. The summed E-state index contributed by atoms with van der Waals surface area (Å²) in [5.41, 5.74) is -0.652. The number of aliphatic hydroxyl groups is 1. The summed E-state index contributed by atoms with van der Waals surface area (Å²) in [7, 11) is 0. The van der Waals surface area contributed by atoms with Crippen LogP contribution in [0.5, 0.6) is 5.75 Å². The molecule has 0 aromatic heterocycles. The number of para-hydroxylation sites is 1. The predicted octanol–water partition coefficient (Wildman–Crippen LogP) is 0.755. The Labute approximate surface area is 103 Å². The molecule has 0 radical (unpaired) electrons. The molecule has 0 aliphatic rings. The Kier molecular flexibility index (Phi) is 4.61. The number of phenols is 1. The zero-order valence-electron chi connectivity index (χ0n) is 9.87. The second-order valence-corrected chi connectivity index (χ2v) is 3.54. The number of carbonyl (C=O) groups excluding carboxylic acids is 1. The Bertz CT molecular complexity index is 461. The molecule has 0 saturated carbocycles. The second kappa shape index (κ2) is 5.97. The first kappa shape index (κ1) is 13.9. The molecule has 7 nitrogen and oxygen atoms in total. The van der Waals surface area contributed by atoms with E-state index in [0.717, 1.165) is 6.07 Å². The highest BCUT2D eigenvalue weighted by atomic mass is 16.6. The number of benzene rings is 1. The standard InChI is InChI=1S/C11H14N2O5/c1-2-12(6-7-14)11(16)8-4-3-5-9(10(8)15)13(17)18/h3-5,14-15H,2,6-7H2,1H3. The Morgan fingerprint density at radius 1 is 1.50 bits per heavy atom. The topological polar surface area (TPSA) is 104 Å². The first-order valence-corrected chi connectivity index (χ1v) is 5.39. The second-order valence-electron chi connectivity index (χ2n) is 3.54. The van der Waals surface area contributed by atoms with Crippen LogP contribution in [0.4, 0.5) is 5.69 Å². The molecule has 0 atom stereocenters. The molecule has 0 fully saturated rings. The van der Waals surface area contributed by atoms with E-state index in [0.29, 0.717) is 6.54 Å². The molecule has 0 spiro atoms. The van der Waals surface area contributed by atoms with Crippen molar-refractivity contribution in [3.8, 4) is 5.75 Å². The summed E-state index contributed by atoms with van der Waals surface area (Å²) < 4.78 is 0. The fourth-order valence-electron chi connectivity index (χ4n) is 1.55. The number of rotatable bonds is 5. The maximum atomic E-state index is 12.0. The highest BCUT2D eigenvalue weighted by Gasteiger charge is 2.23. The van der Waals surface area contributed by atoms with Crippen molar-refractivity contribution in [2.24, 2.45) is 0 Å². The molecule has 0 heterocycles. The van der Waals surface area contributed by atoms with Gasteiger partial charge in [-0.15, -0.1) is 0 Å². The summed E-state index contributed by atoms with van der Waals surface area (Å²) >= 11 is 0. The van der Waals surface area contributed by atoms with Gasteiger partial charge in [0, 0.05) is 19.2 Å². The van der Waals surface area contributed by atoms with E-state index < -0.39 is 22.3 Å². The molecule has 1 amide bonds. The summed E-state index contributed by atoms with van der Waals surface area (Å²) in [4.78, 5) is 23.2. The molecule has 2 N–H and O–H groups in total. The monoisotopic (exact) mass is 254 g/mol. The SMILES string of the molecule is CCN(CCO)C(=O)c1cccc([N+](=O)[O-])c1O. The first-order valence-electron chi connectivity index (χ1n) is 5.39. The molecular formula is C11H14N2O5. The highest BCUT2D eigenvalue weighted by Crippen LogP contribution is 2.29. The van der Waals surface area contributed by atoms with E-state index in [9.17, 15) is 20.0 Å². The van der Waals surface area contributed by atoms with Gasteiger partial charge >= 0.3 is 5.69 Å². The van der Waals surface area contributed by atoms with E-state index in [1.54, 1.807) is 6.92 Å². The Hall–Kier alpha value is -2.15. The summed E-state index contributed by atoms with van der Waals surface area (Å²) in [5.74, 6) is -1.20. The van der Waals surface area contributed by atoms with Gasteiger partial charge in [0.1, 0.15) is 0 Å². The van der Waals surface area contributed by atoms with Crippen molar-refractivity contribution in [1.82, 2.24) is 4.90 Å². The van der Waals surface area contributed by atoms with E-state index >= 15 is 0 Å². The van der Waals surface area contributed by atoms with Crippen LogP contribution in [0.2, 0.25) is 0 Å². The molecule has 0 aliphatic heterocycles. The van der Waals surface area contributed by atoms with Crippen LogP contribution >= 0.6 is 0 Å². The smallest absolute Gasteiger partial charge is 0.311 e. The van der Waals surface area contributed by atoms with Gasteiger partial charge in [-0.05, 0) is 13.0 Å². The molecule has 0 unspecified atom stereocenters. The lowest BCUT2D eigenvalue weighted by Crippen LogP contribution is -2.33. The minimum absolute atomic E-state index is 0.109. The number of amides is 1. The van der Waals surface area contributed by atoms with Gasteiger partial charge in [0.05, 0.1) is 17.1 Å². The van der Waals surface area contributed by atoms with E-state index in [1.165, 1.54) is 17.0 Å². The molecule has 7 heteroatoms. The van der Waals surface area contributed by atoms with Gasteiger partial charge in [0.2, 0.25) is 5.75 Å². The Morgan fingerprint density at radius 2 is 2.17 bits per heavy atom. The van der Waals surface area contributed by atoms with Crippen LogP contribution in [0.25, 0.3) is 0 Å². The minimum atomic E-state index is -0.756. The van der Waals surface area contributed by atoms with Crippen molar-refractivity contribution in [2.45, 2.75) is 6.92 Å². The van der Waals surface area contributed by atoms with Crippen LogP contribution in [0.15, 0.2) is 18.2 Å². The number of nitro groups is 1. The number of phenolic OH excluding ortho intramolecular Hbond substituents is 1. The van der Waals surface area contributed by atoms with Gasteiger partial charge in [-0.25, -0.2) is 0 Å². The van der Waals surface area contributed by atoms with Gasteiger partial charge in [-0.1, -0.05) is 6.07 Å². The molecule has 18 heavy (non-hydrogen) atoms. The molecular weight excluding hydrogens is 240 g/mol. The minimum Gasteiger partial charge on any atom is -0.502 e. The molecule has 1 aromatic carbocycles. The number of hydrogen-bond donors (Lipinski definition) is 2. The number of aliphatic hydroxyl groups excluding tert-OH is 1. The van der Waals surface area contributed by atoms with E-state index in [1.807, 2.05) is 0 Å². The average Bonchev–Trinajstić information content (AvgIpc) is 2.35. The third-order valence-corrected chi connectivity index (χ3v) is 2.48.